The Morgan fingerprint density at radius 2 is 1.28 bits per heavy atom. The van der Waals surface area contributed by atoms with Crippen LogP contribution in [-0.4, -0.2) is 50.2 Å². The summed E-state index contributed by atoms with van der Waals surface area (Å²) < 4.78 is 10.7. The van der Waals surface area contributed by atoms with Crippen LogP contribution in [0.3, 0.4) is 0 Å². The number of ether oxygens (including phenoxy) is 2. The average molecular weight is 456 g/mol. The number of carbonyl (C=O) groups excluding carboxylic acids is 2. The number of unbranched alkanes of at least 4 members (excludes halogenated alkanes) is 12. The SMILES string of the molecule is CCCCCCCCCCCCCCC(C)C(=O)OCC(C)OC(=O)CCCCN(C)C. The van der Waals surface area contributed by atoms with Crippen molar-refractivity contribution in [3.05, 3.63) is 0 Å². The minimum Gasteiger partial charge on any atom is -0.462 e. The highest BCUT2D eigenvalue weighted by Crippen LogP contribution is 2.15. The van der Waals surface area contributed by atoms with Crippen LogP contribution in [0.15, 0.2) is 0 Å². The van der Waals surface area contributed by atoms with Crippen LogP contribution in [0.4, 0.5) is 0 Å². The predicted molar refractivity (Wildman–Crippen MR) is 134 cm³/mol. The molecule has 0 amide bonds. The Morgan fingerprint density at radius 1 is 0.750 bits per heavy atom. The van der Waals surface area contributed by atoms with Crippen molar-refractivity contribution >= 4 is 11.9 Å². The van der Waals surface area contributed by atoms with E-state index in [-0.39, 0.29) is 30.6 Å². The van der Waals surface area contributed by atoms with Gasteiger partial charge in [0.1, 0.15) is 12.7 Å². The second-order valence-electron chi connectivity index (χ2n) is 9.77. The van der Waals surface area contributed by atoms with Crippen LogP contribution in [0, 0.1) is 5.92 Å². The number of hydrogen-bond acceptors (Lipinski definition) is 5. The molecule has 5 heteroatoms. The van der Waals surface area contributed by atoms with Gasteiger partial charge in [-0.2, -0.15) is 0 Å². The Kier molecular flexibility index (Phi) is 21.0. The van der Waals surface area contributed by atoms with Gasteiger partial charge in [0.2, 0.25) is 0 Å². The standard InChI is InChI=1S/C27H53NO4/c1-6-7-8-9-10-11-12-13-14-15-16-17-20-24(2)27(30)31-23-25(3)32-26(29)21-18-19-22-28(4)5/h24-25H,6-23H2,1-5H3. The highest BCUT2D eigenvalue weighted by Gasteiger charge is 2.17. The van der Waals surface area contributed by atoms with Crippen LogP contribution in [-0.2, 0) is 19.1 Å². The maximum absolute atomic E-state index is 12.2. The molecule has 2 atom stereocenters. The minimum absolute atomic E-state index is 0.0907. The van der Waals surface area contributed by atoms with Crippen molar-refractivity contribution in [2.24, 2.45) is 5.92 Å². The zero-order valence-electron chi connectivity index (χ0n) is 22.0. The zero-order chi connectivity index (χ0) is 24.0. The fourth-order valence-electron chi connectivity index (χ4n) is 3.77. The van der Waals surface area contributed by atoms with Gasteiger partial charge in [-0.1, -0.05) is 90.9 Å². The zero-order valence-corrected chi connectivity index (χ0v) is 22.0. The third-order valence-electron chi connectivity index (χ3n) is 5.92. The number of rotatable bonds is 22. The van der Waals surface area contributed by atoms with Gasteiger partial charge in [-0.05, 0) is 46.8 Å². The molecule has 190 valence electrons. The molecular weight excluding hydrogens is 402 g/mol. The molecule has 0 rings (SSSR count). The molecule has 0 aliphatic rings. The first kappa shape index (κ1) is 30.9. The van der Waals surface area contributed by atoms with Crippen LogP contribution in [0.2, 0.25) is 0 Å². The molecule has 0 aliphatic heterocycles. The summed E-state index contributed by atoms with van der Waals surface area (Å²) in [4.78, 5) is 26.1. The van der Waals surface area contributed by atoms with Crippen molar-refractivity contribution in [1.29, 1.82) is 0 Å². The molecule has 0 aromatic heterocycles. The van der Waals surface area contributed by atoms with Gasteiger partial charge in [0.05, 0.1) is 5.92 Å². The van der Waals surface area contributed by atoms with Crippen molar-refractivity contribution in [3.63, 3.8) is 0 Å². The van der Waals surface area contributed by atoms with Crippen LogP contribution >= 0.6 is 0 Å². The molecule has 0 heterocycles. The number of esters is 2. The van der Waals surface area contributed by atoms with Gasteiger partial charge in [-0.3, -0.25) is 9.59 Å². The second-order valence-corrected chi connectivity index (χ2v) is 9.77. The highest BCUT2D eigenvalue weighted by molar-refractivity contribution is 5.72. The molecule has 5 nitrogen and oxygen atoms in total. The van der Waals surface area contributed by atoms with E-state index in [0.29, 0.717) is 6.42 Å². The maximum atomic E-state index is 12.2. The fourth-order valence-corrected chi connectivity index (χ4v) is 3.77. The van der Waals surface area contributed by atoms with Gasteiger partial charge in [0.15, 0.2) is 0 Å². The first-order chi connectivity index (χ1) is 15.4. The van der Waals surface area contributed by atoms with E-state index in [9.17, 15) is 9.59 Å². The lowest BCUT2D eigenvalue weighted by molar-refractivity contribution is -0.160. The lowest BCUT2D eigenvalue weighted by atomic mass is 10.0. The van der Waals surface area contributed by atoms with E-state index >= 15 is 0 Å². The summed E-state index contributed by atoms with van der Waals surface area (Å²) in [5.74, 6) is -0.481. The topological polar surface area (TPSA) is 55.8 Å². The number of nitrogens with zero attached hydrogens (tertiary/aromatic N) is 1. The molecule has 0 aromatic carbocycles. The van der Waals surface area contributed by atoms with E-state index in [1.54, 1.807) is 6.92 Å². The monoisotopic (exact) mass is 455 g/mol. The Labute approximate surface area is 199 Å². The lowest BCUT2D eigenvalue weighted by Crippen LogP contribution is -2.24. The van der Waals surface area contributed by atoms with Gasteiger partial charge < -0.3 is 14.4 Å². The third kappa shape index (κ3) is 20.8. The van der Waals surface area contributed by atoms with E-state index in [0.717, 1.165) is 32.2 Å². The van der Waals surface area contributed by atoms with Gasteiger partial charge in [0.25, 0.3) is 0 Å². The largest absolute Gasteiger partial charge is 0.462 e. The highest BCUT2D eigenvalue weighted by atomic mass is 16.6. The predicted octanol–water partition coefficient (Wildman–Crippen LogP) is 6.92. The number of hydrogen-bond donors (Lipinski definition) is 0. The summed E-state index contributed by atoms with van der Waals surface area (Å²) in [6.07, 6.45) is 18.5. The summed E-state index contributed by atoms with van der Waals surface area (Å²) in [6.45, 7) is 7.09. The molecule has 0 spiro atoms. The van der Waals surface area contributed by atoms with Crippen molar-refractivity contribution in [2.45, 2.75) is 130 Å². The summed E-state index contributed by atoms with van der Waals surface area (Å²) >= 11 is 0. The Hall–Kier alpha value is -1.10. The molecule has 2 unspecified atom stereocenters. The first-order valence-corrected chi connectivity index (χ1v) is 13.4. The Balaban J connectivity index is 3.60. The fraction of sp³-hybridized carbons (Fsp3) is 0.926. The van der Waals surface area contributed by atoms with Crippen molar-refractivity contribution in [3.8, 4) is 0 Å². The summed E-state index contributed by atoms with van der Waals surface area (Å²) in [5, 5.41) is 0. The van der Waals surface area contributed by atoms with E-state index in [1.165, 1.54) is 70.6 Å². The van der Waals surface area contributed by atoms with Crippen LogP contribution < -0.4 is 0 Å². The summed E-state index contributed by atoms with van der Waals surface area (Å²) in [6, 6.07) is 0. The molecule has 0 aromatic rings. The first-order valence-electron chi connectivity index (χ1n) is 13.4. The van der Waals surface area contributed by atoms with E-state index in [4.69, 9.17) is 9.47 Å². The van der Waals surface area contributed by atoms with Crippen LogP contribution in [0.25, 0.3) is 0 Å². The van der Waals surface area contributed by atoms with Crippen molar-refractivity contribution in [2.75, 3.05) is 27.2 Å². The Morgan fingerprint density at radius 3 is 1.81 bits per heavy atom. The molecule has 0 aliphatic carbocycles. The molecule has 0 saturated heterocycles. The van der Waals surface area contributed by atoms with Crippen molar-refractivity contribution in [1.82, 2.24) is 4.90 Å². The van der Waals surface area contributed by atoms with E-state index < -0.39 is 0 Å². The quantitative estimate of drug-likeness (QED) is 0.131. The Bertz CT molecular complexity index is 453. The summed E-state index contributed by atoms with van der Waals surface area (Å²) in [5.41, 5.74) is 0. The van der Waals surface area contributed by atoms with Crippen LogP contribution in [0.5, 0.6) is 0 Å². The maximum Gasteiger partial charge on any atom is 0.308 e. The van der Waals surface area contributed by atoms with Gasteiger partial charge in [-0.15, -0.1) is 0 Å². The van der Waals surface area contributed by atoms with Gasteiger partial charge in [-0.25, -0.2) is 0 Å². The van der Waals surface area contributed by atoms with Gasteiger partial charge in [0, 0.05) is 6.42 Å². The lowest BCUT2D eigenvalue weighted by Gasteiger charge is -2.16. The van der Waals surface area contributed by atoms with Crippen LogP contribution in [0.1, 0.15) is 124 Å². The molecule has 0 saturated carbocycles. The minimum atomic E-state index is -0.390. The third-order valence-corrected chi connectivity index (χ3v) is 5.92. The molecule has 0 radical (unpaired) electrons. The number of carbonyl (C=O) groups is 2. The molecule has 32 heavy (non-hydrogen) atoms. The second kappa shape index (κ2) is 21.7. The average Bonchev–Trinajstić information content (AvgIpc) is 2.75. The van der Waals surface area contributed by atoms with Crippen molar-refractivity contribution < 1.29 is 19.1 Å². The van der Waals surface area contributed by atoms with Gasteiger partial charge >= 0.3 is 11.9 Å². The molecule has 0 fully saturated rings. The normalized spacial score (nSPS) is 13.2. The molecule has 0 bridgehead atoms. The molecular formula is C27H53NO4. The van der Waals surface area contributed by atoms with E-state index in [1.807, 2.05) is 21.0 Å². The summed E-state index contributed by atoms with van der Waals surface area (Å²) in [7, 11) is 4.04. The smallest absolute Gasteiger partial charge is 0.308 e. The van der Waals surface area contributed by atoms with E-state index in [2.05, 4.69) is 11.8 Å². The molecule has 0 N–H and O–H groups in total.